The van der Waals surface area contributed by atoms with E-state index in [2.05, 4.69) is 16.1 Å². The molecule has 96 valence electrons. The van der Waals surface area contributed by atoms with Gasteiger partial charge >= 0.3 is 0 Å². The summed E-state index contributed by atoms with van der Waals surface area (Å²) < 4.78 is 1.66. The fraction of sp³-hybridized carbons (Fsp3) is 0.143. The van der Waals surface area contributed by atoms with Gasteiger partial charge in [0.25, 0.3) is 0 Å². The van der Waals surface area contributed by atoms with E-state index in [-0.39, 0.29) is 0 Å². The van der Waals surface area contributed by atoms with Crippen LogP contribution in [0.4, 0.5) is 11.5 Å². The predicted octanol–water partition coefficient (Wildman–Crippen LogP) is 2.20. The maximum atomic E-state index is 5.97. The Hall–Kier alpha value is -2.56. The molecule has 2 aromatic heterocycles. The molecular formula is C14H15N5. The van der Waals surface area contributed by atoms with E-state index in [9.17, 15) is 0 Å². The number of hydrogen-bond donors (Lipinski definition) is 2. The van der Waals surface area contributed by atoms with Gasteiger partial charge in [0, 0.05) is 11.1 Å². The van der Waals surface area contributed by atoms with Gasteiger partial charge in [0.15, 0.2) is 5.82 Å². The first-order valence-electron chi connectivity index (χ1n) is 6.03. The van der Waals surface area contributed by atoms with E-state index in [4.69, 9.17) is 11.5 Å². The van der Waals surface area contributed by atoms with Gasteiger partial charge in [0.05, 0.1) is 23.1 Å². The molecule has 5 nitrogen and oxygen atoms in total. The molecule has 0 saturated carbocycles. The number of nitrogens with zero attached hydrogens (tertiary/aromatic N) is 3. The van der Waals surface area contributed by atoms with Crippen LogP contribution in [-0.2, 0) is 0 Å². The Balaban J connectivity index is 2.39. The zero-order valence-corrected chi connectivity index (χ0v) is 10.9. The second-order valence-corrected chi connectivity index (χ2v) is 4.70. The lowest BCUT2D eigenvalue weighted by molar-refractivity contribution is 0.894. The minimum Gasteiger partial charge on any atom is -0.394 e. The van der Waals surface area contributed by atoms with Crippen LogP contribution in [0.1, 0.15) is 11.3 Å². The summed E-state index contributed by atoms with van der Waals surface area (Å²) in [5, 5.41) is 5.26. The van der Waals surface area contributed by atoms with Gasteiger partial charge < -0.3 is 11.5 Å². The summed E-state index contributed by atoms with van der Waals surface area (Å²) in [6.07, 6.45) is 1.56. The fourth-order valence-electron chi connectivity index (χ4n) is 2.19. The number of rotatable bonds is 1. The average molecular weight is 253 g/mol. The molecular weight excluding hydrogens is 238 g/mol. The molecule has 0 spiro atoms. The van der Waals surface area contributed by atoms with Crippen LogP contribution in [0, 0.1) is 13.8 Å². The first kappa shape index (κ1) is 11.5. The van der Waals surface area contributed by atoms with Crippen molar-refractivity contribution in [3.05, 3.63) is 41.7 Å². The lowest BCUT2D eigenvalue weighted by atomic mass is 10.1. The zero-order chi connectivity index (χ0) is 13.6. The number of aryl methyl sites for hydroxylation is 2. The molecule has 0 atom stereocenters. The van der Waals surface area contributed by atoms with Crippen LogP contribution < -0.4 is 11.5 Å². The highest BCUT2D eigenvalue weighted by atomic mass is 15.3. The van der Waals surface area contributed by atoms with Crippen LogP contribution >= 0.6 is 0 Å². The molecule has 3 aromatic rings. The molecule has 0 unspecified atom stereocenters. The summed E-state index contributed by atoms with van der Waals surface area (Å²) >= 11 is 0. The van der Waals surface area contributed by atoms with Crippen molar-refractivity contribution < 1.29 is 0 Å². The lowest BCUT2D eigenvalue weighted by Crippen LogP contribution is -2.05. The van der Waals surface area contributed by atoms with E-state index >= 15 is 0 Å². The summed E-state index contributed by atoms with van der Waals surface area (Å²) in [7, 11) is 0. The summed E-state index contributed by atoms with van der Waals surface area (Å²) in [5.74, 6) is 0.452. The summed E-state index contributed by atoms with van der Waals surface area (Å²) in [6, 6.07) is 8.09. The number of hydrogen-bond acceptors (Lipinski definition) is 4. The molecule has 0 saturated heterocycles. The Morgan fingerprint density at radius 1 is 1.11 bits per heavy atom. The maximum Gasteiger partial charge on any atom is 0.150 e. The second kappa shape index (κ2) is 3.98. The molecule has 19 heavy (non-hydrogen) atoms. The minimum atomic E-state index is 0.452. The SMILES string of the molecule is Cc1ccc2nc(C)cc(-n3ncc(N)c3N)c2c1. The molecule has 1 aromatic carbocycles. The number of benzene rings is 1. The van der Waals surface area contributed by atoms with E-state index in [1.54, 1.807) is 10.9 Å². The smallest absolute Gasteiger partial charge is 0.150 e. The van der Waals surface area contributed by atoms with Crippen LogP contribution in [-0.4, -0.2) is 14.8 Å². The summed E-state index contributed by atoms with van der Waals surface area (Å²) in [5.41, 5.74) is 16.1. The van der Waals surface area contributed by atoms with Gasteiger partial charge in [-0.3, -0.25) is 4.98 Å². The minimum absolute atomic E-state index is 0.452. The van der Waals surface area contributed by atoms with Gasteiger partial charge in [-0.1, -0.05) is 11.6 Å². The van der Waals surface area contributed by atoms with E-state index in [1.165, 1.54) is 0 Å². The van der Waals surface area contributed by atoms with Crippen LogP contribution in [0.3, 0.4) is 0 Å². The van der Waals surface area contributed by atoms with Crippen LogP contribution in [0.5, 0.6) is 0 Å². The van der Waals surface area contributed by atoms with Crippen LogP contribution in [0.25, 0.3) is 16.6 Å². The third-order valence-electron chi connectivity index (χ3n) is 3.13. The lowest BCUT2D eigenvalue weighted by Gasteiger charge is -2.10. The maximum absolute atomic E-state index is 5.97. The zero-order valence-electron chi connectivity index (χ0n) is 10.9. The second-order valence-electron chi connectivity index (χ2n) is 4.70. The third-order valence-corrected chi connectivity index (χ3v) is 3.13. The highest BCUT2D eigenvalue weighted by Gasteiger charge is 2.11. The van der Waals surface area contributed by atoms with E-state index < -0.39 is 0 Å². The molecule has 2 heterocycles. The molecule has 3 rings (SSSR count). The van der Waals surface area contributed by atoms with Gasteiger partial charge in [-0.15, -0.1) is 0 Å². The largest absolute Gasteiger partial charge is 0.394 e. The molecule has 4 N–H and O–H groups in total. The number of fused-ring (bicyclic) bond motifs is 1. The Kier molecular flexibility index (Phi) is 2.41. The number of nitrogens with two attached hydrogens (primary N) is 2. The van der Waals surface area contributed by atoms with Crippen molar-refractivity contribution in [3.8, 4) is 5.69 Å². The predicted molar refractivity (Wildman–Crippen MR) is 77.2 cm³/mol. The first-order chi connectivity index (χ1) is 9.06. The normalized spacial score (nSPS) is 11.1. The molecule has 0 aliphatic heterocycles. The Morgan fingerprint density at radius 2 is 1.89 bits per heavy atom. The average Bonchev–Trinajstić information content (AvgIpc) is 2.70. The van der Waals surface area contributed by atoms with Crippen molar-refractivity contribution in [2.24, 2.45) is 0 Å². The molecule has 5 heteroatoms. The first-order valence-corrected chi connectivity index (χ1v) is 6.03. The van der Waals surface area contributed by atoms with Crippen molar-refractivity contribution in [2.75, 3.05) is 11.5 Å². The number of pyridine rings is 1. The highest BCUT2D eigenvalue weighted by molar-refractivity contribution is 5.88. The van der Waals surface area contributed by atoms with Crippen LogP contribution in [0.15, 0.2) is 30.5 Å². The number of anilines is 2. The molecule has 0 amide bonds. The van der Waals surface area contributed by atoms with Crippen molar-refractivity contribution in [2.45, 2.75) is 13.8 Å². The molecule has 0 aliphatic carbocycles. The summed E-state index contributed by atoms with van der Waals surface area (Å²) in [4.78, 5) is 4.53. The van der Waals surface area contributed by atoms with E-state index in [0.29, 0.717) is 11.5 Å². The van der Waals surface area contributed by atoms with Crippen molar-refractivity contribution in [1.82, 2.24) is 14.8 Å². The Bertz CT molecular complexity index is 773. The topological polar surface area (TPSA) is 82.8 Å². The standard InChI is InChI=1S/C14H15N5/c1-8-3-4-12-10(5-8)13(6-9(2)18-12)19-14(16)11(15)7-17-19/h3-7H,15-16H2,1-2H3. The Labute approximate surface area is 110 Å². The molecule has 0 fully saturated rings. The highest BCUT2D eigenvalue weighted by Crippen LogP contribution is 2.26. The molecule has 0 radical (unpaired) electrons. The van der Waals surface area contributed by atoms with Gasteiger partial charge in [-0.2, -0.15) is 5.10 Å². The van der Waals surface area contributed by atoms with Gasteiger partial charge in [0.1, 0.15) is 0 Å². The summed E-state index contributed by atoms with van der Waals surface area (Å²) in [6.45, 7) is 4.00. The van der Waals surface area contributed by atoms with Gasteiger partial charge in [0.2, 0.25) is 0 Å². The van der Waals surface area contributed by atoms with Gasteiger partial charge in [-0.25, -0.2) is 4.68 Å². The van der Waals surface area contributed by atoms with Crippen molar-refractivity contribution >= 4 is 22.4 Å². The van der Waals surface area contributed by atoms with Crippen molar-refractivity contribution in [3.63, 3.8) is 0 Å². The van der Waals surface area contributed by atoms with Gasteiger partial charge in [-0.05, 0) is 32.0 Å². The number of nitrogen functional groups attached to an aromatic ring is 2. The molecule has 0 bridgehead atoms. The molecule has 0 aliphatic rings. The fourth-order valence-corrected chi connectivity index (χ4v) is 2.19. The monoisotopic (exact) mass is 253 g/mol. The number of aromatic nitrogens is 3. The third kappa shape index (κ3) is 1.79. The van der Waals surface area contributed by atoms with Crippen LogP contribution in [0.2, 0.25) is 0 Å². The van der Waals surface area contributed by atoms with E-state index in [1.807, 2.05) is 32.0 Å². The quantitative estimate of drug-likeness (QED) is 0.696. The van der Waals surface area contributed by atoms with E-state index in [0.717, 1.165) is 27.8 Å². The Morgan fingerprint density at radius 3 is 2.58 bits per heavy atom. The van der Waals surface area contributed by atoms with Crippen molar-refractivity contribution in [1.29, 1.82) is 0 Å².